The number of esters is 1. The minimum absolute atomic E-state index is 0.0531. The van der Waals surface area contributed by atoms with E-state index in [2.05, 4.69) is 4.74 Å². The van der Waals surface area contributed by atoms with Crippen molar-refractivity contribution >= 4 is 5.97 Å². The molecule has 0 aromatic carbocycles. The second-order valence-electron chi connectivity index (χ2n) is 3.14. The summed E-state index contributed by atoms with van der Waals surface area (Å²) in [4.78, 5) is 11.0. The maximum absolute atomic E-state index is 11.0. The van der Waals surface area contributed by atoms with Gasteiger partial charge in [-0.1, -0.05) is 0 Å². The predicted octanol–water partition coefficient (Wildman–Crippen LogP) is 0.994. The fourth-order valence-corrected chi connectivity index (χ4v) is 0.937. The summed E-state index contributed by atoms with van der Waals surface area (Å²) in [7, 11) is 0. The second kappa shape index (κ2) is 5.55. The highest BCUT2D eigenvalue weighted by Gasteiger charge is 2.24. The molecule has 1 atom stereocenters. The molecule has 4 nitrogen and oxygen atoms in total. The smallest absolute Gasteiger partial charge is 0.308 e. The predicted molar refractivity (Wildman–Crippen MR) is 46.7 cm³/mol. The van der Waals surface area contributed by atoms with E-state index in [9.17, 15) is 9.90 Å². The van der Waals surface area contributed by atoms with Gasteiger partial charge in [-0.2, -0.15) is 5.26 Å². The van der Waals surface area contributed by atoms with E-state index >= 15 is 0 Å². The molecular weight excluding hydrogens is 170 g/mol. The Kier molecular flexibility index (Phi) is 5.09. The summed E-state index contributed by atoms with van der Waals surface area (Å²) >= 11 is 0. The molecule has 0 aliphatic rings. The summed E-state index contributed by atoms with van der Waals surface area (Å²) in [6.07, 6.45) is 0.483. The van der Waals surface area contributed by atoms with Crippen molar-refractivity contribution in [1.29, 1.82) is 5.26 Å². The number of nitrogens with zero attached hydrogens (tertiary/aromatic N) is 1. The molecule has 0 spiro atoms. The van der Waals surface area contributed by atoms with Crippen LogP contribution < -0.4 is 0 Å². The molecule has 0 saturated carbocycles. The Hall–Kier alpha value is -1.08. The molecule has 0 bridgehead atoms. The van der Waals surface area contributed by atoms with Crippen LogP contribution in [-0.2, 0) is 9.53 Å². The molecule has 0 radical (unpaired) electrons. The molecule has 1 unspecified atom stereocenters. The third kappa shape index (κ3) is 6.12. The van der Waals surface area contributed by atoms with E-state index in [1.165, 1.54) is 6.92 Å². The number of hydrogen-bond acceptors (Lipinski definition) is 4. The van der Waals surface area contributed by atoms with Gasteiger partial charge in [0.25, 0.3) is 0 Å². The lowest BCUT2D eigenvalue weighted by Crippen LogP contribution is -2.28. The van der Waals surface area contributed by atoms with Crippen molar-refractivity contribution in [2.24, 2.45) is 0 Å². The fraction of sp³-hybridized carbons (Fsp3) is 0.778. The largest absolute Gasteiger partial charge is 0.466 e. The molecule has 0 aliphatic carbocycles. The van der Waals surface area contributed by atoms with Gasteiger partial charge in [-0.3, -0.25) is 4.79 Å². The Bertz CT molecular complexity index is 205. The van der Waals surface area contributed by atoms with Crippen molar-refractivity contribution < 1.29 is 14.6 Å². The number of nitriles is 1. The molecule has 0 aromatic heterocycles. The van der Waals surface area contributed by atoms with Gasteiger partial charge in [0.05, 0.1) is 24.7 Å². The van der Waals surface area contributed by atoms with E-state index in [0.717, 1.165) is 0 Å². The van der Waals surface area contributed by atoms with E-state index in [1.54, 1.807) is 6.92 Å². The molecule has 0 fully saturated rings. The summed E-state index contributed by atoms with van der Waals surface area (Å²) in [5.74, 6) is -0.426. The molecule has 0 rings (SSSR count). The lowest BCUT2D eigenvalue weighted by atomic mass is 9.97. The van der Waals surface area contributed by atoms with E-state index in [0.29, 0.717) is 13.0 Å². The van der Waals surface area contributed by atoms with Crippen LogP contribution in [0.4, 0.5) is 0 Å². The van der Waals surface area contributed by atoms with Crippen LogP contribution in [0.5, 0.6) is 0 Å². The third-order valence-corrected chi connectivity index (χ3v) is 1.61. The summed E-state index contributed by atoms with van der Waals surface area (Å²) in [6, 6.07) is 1.92. The Morgan fingerprint density at radius 2 is 2.31 bits per heavy atom. The Labute approximate surface area is 78.1 Å². The molecule has 0 amide bonds. The SMILES string of the molecule is CCOC(=O)CC(C)(O)CCC#N. The first-order valence-electron chi connectivity index (χ1n) is 4.27. The third-order valence-electron chi connectivity index (χ3n) is 1.61. The minimum Gasteiger partial charge on any atom is -0.466 e. The monoisotopic (exact) mass is 185 g/mol. The first-order chi connectivity index (χ1) is 6.02. The van der Waals surface area contributed by atoms with Gasteiger partial charge in [0.2, 0.25) is 0 Å². The van der Waals surface area contributed by atoms with Crippen LogP contribution >= 0.6 is 0 Å². The highest BCUT2D eigenvalue weighted by molar-refractivity contribution is 5.70. The molecular formula is C9H15NO3. The molecule has 0 aromatic rings. The van der Waals surface area contributed by atoms with Crippen molar-refractivity contribution in [1.82, 2.24) is 0 Å². The molecule has 1 N–H and O–H groups in total. The summed E-state index contributed by atoms with van der Waals surface area (Å²) < 4.78 is 4.68. The summed E-state index contributed by atoms with van der Waals surface area (Å²) in [5.41, 5.74) is -1.12. The zero-order chi connectivity index (χ0) is 10.3. The van der Waals surface area contributed by atoms with Crippen molar-refractivity contribution in [2.75, 3.05) is 6.61 Å². The number of aliphatic hydroxyl groups is 1. The van der Waals surface area contributed by atoms with Gasteiger partial charge in [-0.05, 0) is 20.3 Å². The molecule has 4 heteroatoms. The van der Waals surface area contributed by atoms with Crippen LogP contribution in [-0.4, -0.2) is 23.3 Å². The van der Waals surface area contributed by atoms with E-state index < -0.39 is 11.6 Å². The topological polar surface area (TPSA) is 70.3 Å². The Morgan fingerprint density at radius 3 is 2.77 bits per heavy atom. The molecule has 0 heterocycles. The maximum atomic E-state index is 11.0. The molecule has 0 aliphatic heterocycles. The van der Waals surface area contributed by atoms with Crippen LogP contribution in [0, 0.1) is 11.3 Å². The van der Waals surface area contributed by atoms with Crippen LogP contribution in [0.15, 0.2) is 0 Å². The molecule has 13 heavy (non-hydrogen) atoms. The number of rotatable bonds is 5. The fourth-order valence-electron chi connectivity index (χ4n) is 0.937. The first-order valence-corrected chi connectivity index (χ1v) is 4.27. The van der Waals surface area contributed by atoms with Crippen LogP contribution in [0.1, 0.15) is 33.1 Å². The summed E-state index contributed by atoms with van der Waals surface area (Å²) in [5, 5.41) is 17.9. The van der Waals surface area contributed by atoms with E-state index in [4.69, 9.17) is 5.26 Å². The highest BCUT2D eigenvalue weighted by atomic mass is 16.5. The number of carbonyl (C=O) groups excluding carboxylic acids is 1. The molecule has 0 saturated heterocycles. The number of carbonyl (C=O) groups is 1. The standard InChI is InChI=1S/C9H15NO3/c1-3-13-8(11)7-9(2,12)5-4-6-10/h12H,3-5,7H2,1-2H3. The van der Waals surface area contributed by atoms with Crippen molar-refractivity contribution in [2.45, 2.75) is 38.7 Å². The van der Waals surface area contributed by atoms with Crippen LogP contribution in [0.2, 0.25) is 0 Å². The van der Waals surface area contributed by atoms with Crippen molar-refractivity contribution in [3.8, 4) is 6.07 Å². The zero-order valence-electron chi connectivity index (χ0n) is 8.04. The second-order valence-corrected chi connectivity index (χ2v) is 3.14. The summed E-state index contributed by atoms with van der Waals surface area (Å²) in [6.45, 7) is 3.55. The highest BCUT2D eigenvalue weighted by Crippen LogP contribution is 2.16. The van der Waals surface area contributed by atoms with E-state index in [1.807, 2.05) is 6.07 Å². The average molecular weight is 185 g/mol. The lowest BCUT2D eigenvalue weighted by molar-refractivity contribution is -0.148. The van der Waals surface area contributed by atoms with Gasteiger partial charge in [0, 0.05) is 6.42 Å². The van der Waals surface area contributed by atoms with E-state index in [-0.39, 0.29) is 12.8 Å². The normalized spacial score (nSPS) is 14.3. The quantitative estimate of drug-likeness (QED) is 0.648. The molecule has 74 valence electrons. The minimum atomic E-state index is -1.12. The van der Waals surface area contributed by atoms with Gasteiger partial charge >= 0.3 is 5.97 Å². The van der Waals surface area contributed by atoms with Crippen LogP contribution in [0.3, 0.4) is 0 Å². The van der Waals surface area contributed by atoms with Crippen LogP contribution in [0.25, 0.3) is 0 Å². The van der Waals surface area contributed by atoms with Gasteiger partial charge in [0.15, 0.2) is 0 Å². The van der Waals surface area contributed by atoms with Gasteiger partial charge in [-0.15, -0.1) is 0 Å². The Morgan fingerprint density at radius 1 is 1.69 bits per heavy atom. The first kappa shape index (κ1) is 11.9. The Balaban J connectivity index is 3.87. The zero-order valence-corrected chi connectivity index (χ0v) is 8.04. The van der Waals surface area contributed by atoms with Crippen molar-refractivity contribution in [3.63, 3.8) is 0 Å². The maximum Gasteiger partial charge on any atom is 0.308 e. The number of ether oxygens (including phenoxy) is 1. The average Bonchev–Trinajstić information content (AvgIpc) is 2.00. The van der Waals surface area contributed by atoms with Gasteiger partial charge in [-0.25, -0.2) is 0 Å². The van der Waals surface area contributed by atoms with Gasteiger partial charge in [0.1, 0.15) is 0 Å². The lowest BCUT2D eigenvalue weighted by Gasteiger charge is -2.20. The van der Waals surface area contributed by atoms with Gasteiger partial charge < -0.3 is 9.84 Å². The van der Waals surface area contributed by atoms with Crippen molar-refractivity contribution in [3.05, 3.63) is 0 Å². The number of hydrogen-bond donors (Lipinski definition) is 1.